The molecule has 0 spiro atoms. The van der Waals surface area contributed by atoms with Crippen molar-refractivity contribution in [3.05, 3.63) is 29.8 Å². The first-order chi connectivity index (χ1) is 7.13. The quantitative estimate of drug-likeness (QED) is 0.752. The molecule has 0 saturated carbocycles. The van der Waals surface area contributed by atoms with Gasteiger partial charge in [-0.3, -0.25) is 0 Å². The molecule has 0 saturated heterocycles. The molecule has 1 unspecified atom stereocenters. The van der Waals surface area contributed by atoms with Crippen molar-refractivity contribution in [2.45, 2.75) is 26.7 Å². The summed E-state index contributed by atoms with van der Waals surface area (Å²) in [5.74, 6) is 0.803. The number of benzene rings is 1. The van der Waals surface area contributed by atoms with Crippen LogP contribution in [0.4, 0.5) is 0 Å². The van der Waals surface area contributed by atoms with Crippen LogP contribution in [-0.4, -0.2) is 11.4 Å². The Hall–Kier alpha value is -1.31. The Balaban J connectivity index is 2.66. The van der Waals surface area contributed by atoms with Crippen molar-refractivity contribution in [3.8, 4) is 5.75 Å². The first-order valence-electron chi connectivity index (χ1n) is 5.35. The fourth-order valence-corrected chi connectivity index (χ4v) is 1.76. The van der Waals surface area contributed by atoms with Gasteiger partial charge in [0.05, 0.1) is 0 Å². The normalized spacial score (nSPS) is 12.7. The number of hydrogen-bond acceptors (Lipinski definition) is 2. The predicted octanol–water partition coefficient (Wildman–Crippen LogP) is 2.80. The van der Waals surface area contributed by atoms with Gasteiger partial charge in [-0.05, 0) is 30.4 Å². The number of para-hydroxylation sites is 1. The maximum absolute atomic E-state index is 10.9. The van der Waals surface area contributed by atoms with Gasteiger partial charge in [-0.25, -0.2) is 0 Å². The summed E-state index contributed by atoms with van der Waals surface area (Å²) in [6, 6.07) is 7.20. The predicted molar refractivity (Wildman–Crippen MR) is 60.8 cm³/mol. The van der Waals surface area contributed by atoms with Gasteiger partial charge in [-0.1, -0.05) is 32.0 Å². The largest absolute Gasteiger partial charge is 0.508 e. The zero-order chi connectivity index (χ0) is 11.3. The minimum Gasteiger partial charge on any atom is -0.508 e. The van der Waals surface area contributed by atoms with E-state index in [0.717, 1.165) is 18.3 Å². The lowest BCUT2D eigenvalue weighted by Gasteiger charge is -2.13. The highest BCUT2D eigenvalue weighted by molar-refractivity contribution is 5.55. The summed E-state index contributed by atoms with van der Waals surface area (Å²) >= 11 is 0. The second kappa shape index (κ2) is 5.54. The molecular formula is C13H18O2. The standard InChI is InChI=1S/C13H18O2/c1-10(2)7-11(9-14)8-12-5-3-4-6-13(12)15/h3-6,9-11,15H,7-8H2,1-2H3. The van der Waals surface area contributed by atoms with Crippen molar-refractivity contribution in [2.24, 2.45) is 11.8 Å². The van der Waals surface area contributed by atoms with Crippen LogP contribution in [0.25, 0.3) is 0 Å². The summed E-state index contributed by atoms with van der Waals surface area (Å²) in [7, 11) is 0. The molecule has 2 nitrogen and oxygen atoms in total. The summed E-state index contributed by atoms with van der Waals surface area (Å²) in [5.41, 5.74) is 0.857. The highest BCUT2D eigenvalue weighted by Gasteiger charge is 2.12. The number of hydrogen-bond donors (Lipinski definition) is 1. The van der Waals surface area contributed by atoms with Crippen LogP contribution >= 0.6 is 0 Å². The van der Waals surface area contributed by atoms with Crippen LogP contribution in [0.5, 0.6) is 5.75 Å². The molecule has 0 aliphatic heterocycles. The SMILES string of the molecule is CC(C)CC(C=O)Cc1ccccc1O. The van der Waals surface area contributed by atoms with E-state index in [1.165, 1.54) is 0 Å². The summed E-state index contributed by atoms with van der Waals surface area (Å²) in [4.78, 5) is 10.9. The molecule has 0 fully saturated rings. The van der Waals surface area contributed by atoms with Crippen LogP contribution in [-0.2, 0) is 11.2 Å². The zero-order valence-corrected chi connectivity index (χ0v) is 9.31. The molecule has 0 bridgehead atoms. The molecule has 0 aromatic heterocycles. The van der Waals surface area contributed by atoms with Gasteiger partial charge in [-0.2, -0.15) is 0 Å². The van der Waals surface area contributed by atoms with Crippen LogP contribution in [0.3, 0.4) is 0 Å². The third-order valence-electron chi connectivity index (χ3n) is 2.44. The van der Waals surface area contributed by atoms with Crippen molar-refractivity contribution in [1.29, 1.82) is 0 Å². The van der Waals surface area contributed by atoms with E-state index in [1.54, 1.807) is 12.1 Å². The highest BCUT2D eigenvalue weighted by Crippen LogP contribution is 2.22. The molecule has 1 atom stereocenters. The summed E-state index contributed by atoms with van der Waals surface area (Å²) in [6.07, 6.45) is 2.50. The second-order valence-electron chi connectivity index (χ2n) is 4.36. The molecule has 0 amide bonds. The molecule has 1 aromatic rings. The van der Waals surface area contributed by atoms with Gasteiger partial charge >= 0.3 is 0 Å². The topological polar surface area (TPSA) is 37.3 Å². The Morgan fingerprint density at radius 3 is 2.53 bits per heavy atom. The van der Waals surface area contributed by atoms with Gasteiger partial charge in [-0.15, -0.1) is 0 Å². The minimum absolute atomic E-state index is 0.0123. The Bertz CT molecular complexity index is 318. The van der Waals surface area contributed by atoms with Crippen LogP contribution in [0.1, 0.15) is 25.8 Å². The first kappa shape index (κ1) is 11.8. The van der Waals surface area contributed by atoms with E-state index in [2.05, 4.69) is 13.8 Å². The van der Waals surface area contributed by atoms with Crippen LogP contribution < -0.4 is 0 Å². The highest BCUT2D eigenvalue weighted by atomic mass is 16.3. The second-order valence-corrected chi connectivity index (χ2v) is 4.36. The smallest absolute Gasteiger partial charge is 0.123 e. The zero-order valence-electron chi connectivity index (χ0n) is 9.31. The number of carbonyl (C=O) groups excluding carboxylic acids is 1. The van der Waals surface area contributed by atoms with Crippen molar-refractivity contribution in [1.82, 2.24) is 0 Å². The van der Waals surface area contributed by atoms with Crippen molar-refractivity contribution in [2.75, 3.05) is 0 Å². The van der Waals surface area contributed by atoms with Gasteiger partial charge in [0, 0.05) is 5.92 Å². The molecule has 0 aliphatic carbocycles. The fourth-order valence-electron chi connectivity index (χ4n) is 1.76. The van der Waals surface area contributed by atoms with E-state index in [9.17, 15) is 9.90 Å². The van der Waals surface area contributed by atoms with Gasteiger partial charge in [0.2, 0.25) is 0 Å². The summed E-state index contributed by atoms with van der Waals surface area (Å²) < 4.78 is 0. The third-order valence-corrected chi connectivity index (χ3v) is 2.44. The number of carbonyl (C=O) groups is 1. The minimum atomic E-state index is 0.0123. The molecule has 1 rings (SSSR count). The molecular weight excluding hydrogens is 188 g/mol. The fraction of sp³-hybridized carbons (Fsp3) is 0.462. The lowest BCUT2D eigenvalue weighted by molar-refractivity contribution is -0.111. The average molecular weight is 206 g/mol. The van der Waals surface area contributed by atoms with E-state index in [1.807, 2.05) is 12.1 Å². The van der Waals surface area contributed by atoms with Crippen LogP contribution in [0.2, 0.25) is 0 Å². The van der Waals surface area contributed by atoms with Crippen molar-refractivity contribution >= 4 is 6.29 Å². The number of phenolic OH excluding ortho intramolecular Hbond substituents is 1. The number of aromatic hydroxyl groups is 1. The van der Waals surface area contributed by atoms with Crippen LogP contribution in [0.15, 0.2) is 24.3 Å². The molecule has 15 heavy (non-hydrogen) atoms. The Morgan fingerprint density at radius 1 is 1.33 bits per heavy atom. The molecule has 0 heterocycles. The Kier molecular flexibility index (Phi) is 4.35. The van der Waals surface area contributed by atoms with Crippen molar-refractivity contribution < 1.29 is 9.90 Å². The monoisotopic (exact) mass is 206 g/mol. The van der Waals surface area contributed by atoms with Gasteiger partial charge in [0.1, 0.15) is 12.0 Å². The molecule has 82 valence electrons. The maximum Gasteiger partial charge on any atom is 0.123 e. The molecule has 0 aliphatic rings. The number of aldehydes is 1. The van der Waals surface area contributed by atoms with Gasteiger partial charge in [0.15, 0.2) is 0 Å². The van der Waals surface area contributed by atoms with E-state index in [-0.39, 0.29) is 11.7 Å². The van der Waals surface area contributed by atoms with Crippen molar-refractivity contribution in [3.63, 3.8) is 0 Å². The summed E-state index contributed by atoms with van der Waals surface area (Å²) in [5, 5.41) is 9.57. The molecule has 1 aromatic carbocycles. The average Bonchev–Trinajstić information content (AvgIpc) is 2.19. The number of rotatable bonds is 5. The van der Waals surface area contributed by atoms with Gasteiger partial charge in [0.25, 0.3) is 0 Å². The lowest BCUT2D eigenvalue weighted by Crippen LogP contribution is -2.09. The van der Waals surface area contributed by atoms with E-state index >= 15 is 0 Å². The van der Waals surface area contributed by atoms with E-state index in [0.29, 0.717) is 12.3 Å². The number of phenols is 1. The molecule has 2 heteroatoms. The lowest BCUT2D eigenvalue weighted by atomic mass is 9.92. The maximum atomic E-state index is 10.9. The Morgan fingerprint density at radius 2 is 2.00 bits per heavy atom. The Labute approximate surface area is 90.9 Å². The molecule has 0 radical (unpaired) electrons. The first-order valence-corrected chi connectivity index (χ1v) is 5.35. The van der Waals surface area contributed by atoms with Gasteiger partial charge < -0.3 is 9.90 Å². The summed E-state index contributed by atoms with van der Waals surface area (Å²) in [6.45, 7) is 4.20. The molecule has 1 N–H and O–H groups in total. The third kappa shape index (κ3) is 3.74. The van der Waals surface area contributed by atoms with E-state index in [4.69, 9.17) is 0 Å². The van der Waals surface area contributed by atoms with Crippen LogP contribution in [0, 0.1) is 11.8 Å². The van der Waals surface area contributed by atoms with E-state index < -0.39 is 0 Å².